The maximum atomic E-state index is 13.4. The topological polar surface area (TPSA) is 187 Å². The van der Waals surface area contributed by atoms with Crippen LogP contribution in [0.3, 0.4) is 0 Å². The molecule has 1 fully saturated rings. The maximum Gasteiger partial charge on any atom is 0.297 e. The van der Waals surface area contributed by atoms with E-state index in [1.165, 1.54) is 30.3 Å². The second kappa shape index (κ2) is 10.6. The molecule has 2 aliphatic rings. The van der Waals surface area contributed by atoms with E-state index in [1.54, 1.807) is 0 Å². The predicted molar refractivity (Wildman–Crippen MR) is 144 cm³/mol. The molecular weight excluding hydrogens is 560 g/mol. The van der Waals surface area contributed by atoms with Crippen LogP contribution in [0, 0.1) is 10.1 Å². The average Bonchev–Trinajstić information content (AvgIpc) is 3.11. The number of carbonyl (C=O) groups excluding carboxylic acids is 4. The summed E-state index contributed by atoms with van der Waals surface area (Å²) in [7, 11) is -5.85. The standard InChI is InChI=1S/C25H28N4O9SSi/c1-40(2,3)12-11-38-14-27-21(30)10-9-19(25(27)33)28-23(31)17-8-7-15(13-18(17)24(28)32)16-5-4-6-20(39(26,36)37)22(16)29(34)35/h4-8,13,19H,9-12,14H2,1-3H3,(H2,26,36,37). The predicted octanol–water partition coefficient (Wildman–Crippen LogP) is 2.34. The van der Waals surface area contributed by atoms with Crippen LogP contribution in [-0.2, 0) is 24.3 Å². The highest BCUT2D eigenvalue weighted by Gasteiger charge is 2.47. The lowest BCUT2D eigenvalue weighted by molar-refractivity contribution is -0.387. The first-order valence-electron chi connectivity index (χ1n) is 12.4. The highest BCUT2D eigenvalue weighted by Crippen LogP contribution is 2.38. The highest BCUT2D eigenvalue weighted by molar-refractivity contribution is 7.89. The van der Waals surface area contributed by atoms with Gasteiger partial charge in [-0.15, -0.1) is 0 Å². The minimum absolute atomic E-state index is 0.0263. The molecule has 1 saturated heterocycles. The van der Waals surface area contributed by atoms with E-state index in [9.17, 15) is 37.7 Å². The molecular formula is C25H28N4O9SSi. The summed E-state index contributed by atoms with van der Waals surface area (Å²) in [5.74, 6) is -2.74. The molecule has 212 valence electrons. The number of nitro groups is 1. The molecule has 0 spiro atoms. The fraction of sp³-hybridized carbons (Fsp3) is 0.360. The Balaban J connectivity index is 1.63. The summed E-state index contributed by atoms with van der Waals surface area (Å²) in [6, 6.07) is 7.02. The molecule has 13 nitrogen and oxygen atoms in total. The van der Waals surface area contributed by atoms with Crippen molar-refractivity contribution in [3.05, 3.63) is 57.6 Å². The van der Waals surface area contributed by atoms with Crippen molar-refractivity contribution < 1.29 is 37.3 Å². The van der Waals surface area contributed by atoms with E-state index < -0.39 is 63.3 Å². The number of rotatable bonds is 9. The number of likely N-dealkylation sites (tertiary alicyclic amines) is 1. The van der Waals surface area contributed by atoms with Crippen LogP contribution in [0.5, 0.6) is 0 Å². The summed E-state index contributed by atoms with van der Waals surface area (Å²) in [5.41, 5.74) is -0.938. The number of ether oxygens (including phenoxy) is 1. The molecule has 0 radical (unpaired) electrons. The molecule has 0 aromatic heterocycles. The minimum atomic E-state index is -4.44. The Bertz CT molecular complexity index is 1550. The third kappa shape index (κ3) is 5.58. The number of amides is 4. The minimum Gasteiger partial charge on any atom is -0.361 e. The summed E-state index contributed by atoms with van der Waals surface area (Å²) in [6.07, 6.45) is -0.123. The van der Waals surface area contributed by atoms with Crippen molar-refractivity contribution in [2.75, 3.05) is 13.3 Å². The van der Waals surface area contributed by atoms with Gasteiger partial charge < -0.3 is 4.74 Å². The molecule has 40 heavy (non-hydrogen) atoms. The third-order valence-electron chi connectivity index (χ3n) is 6.73. The summed E-state index contributed by atoms with van der Waals surface area (Å²) >= 11 is 0. The molecule has 2 aromatic carbocycles. The fourth-order valence-electron chi connectivity index (χ4n) is 4.61. The second-order valence-electron chi connectivity index (χ2n) is 10.8. The van der Waals surface area contributed by atoms with Gasteiger partial charge in [-0.25, -0.2) is 13.6 Å². The van der Waals surface area contributed by atoms with Crippen LogP contribution in [0.2, 0.25) is 25.7 Å². The Hall–Kier alpha value is -3.79. The van der Waals surface area contributed by atoms with Gasteiger partial charge in [0.15, 0.2) is 4.90 Å². The normalized spacial score (nSPS) is 17.9. The Morgan fingerprint density at radius 1 is 1.05 bits per heavy atom. The van der Waals surface area contributed by atoms with Crippen molar-refractivity contribution in [1.82, 2.24) is 9.80 Å². The number of nitrogens with two attached hydrogens (primary N) is 1. The van der Waals surface area contributed by atoms with Gasteiger partial charge in [0, 0.05) is 21.1 Å². The van der Waals surface area contributed by atoms with E-state index in [0.29, 0.717) is 6.61 Å². The van der Waals surface area contributed by atoms with Gasteiger partial charge in [-0.1, -0.05) is 31.8 Å². The van der Waals surface area contributed by atoms with Gasteiger partial charge >= 0.3 is 0 Å². The lowest BCUT2D eigenvalue weighted by atomic mass is 9.99. The molecule has 2 aliphatic heterocycles. The molecule has 2 heterocycles. The molecule has 2 aromatic rings. The number of sulfonamides is 1. The number of hydrogen-bond acceptors (Lipinski definition) is 9. The molecule has 4 rings (SSSR count). The van der Waals surface area contributed by atoms with Crippen molar-refractivity contribution in [2.45, 2.75) is 49.5 Å². The Labute approximate surface area is 231 Å². The number of nitro benzene ring substituents is 1. The number of carbonyl (C=O) groups is 4. The van der Waals surface area contributed by atoms with Crippen molar-refractivity contribution in [3.8, 4) is 11.1 Å². The summed E-state index contributed by atoms with van der Waals surface area (Å²) in [4.78, 5) is 64.3. The van der Waals surface area contributed by atoms with Crippen molar-refractivity contribution in [2.24, 2.45) is 5.14 Å². The third-order valence-corrected chi connectivity index (χ3v) is 9.38. The van der Waals surface area contributed by atoms with Crippen molar-refractivity contribution in [1.29, 1.82) is 0 Å². The molecule has 0 bridgehead atoms. The quantitative estimate of drug-likeness (QED) is 0.151. The van der Waals surface area contributed by atoms with Gasteiger partial charge in [0.25, 0.3) is 23.4 Å². The molecule has 1 unspecified atom stereocenters. The number of para-hydroxylation sites is 1. The number of benzene rings is 2. The molecule has 15 heteroatoms. The summed E-state index contributed by atoms with van der Waals surface area (Å²) in [5, 5.41) is 16.9. The average molecular weight is 589 g/mol. The largest absolute Gasteiger partial charge is 0.361 e. The van der Waals surface area contributed by atoms with E-state index in [4.69, 9.17) is 9.88 Å². The van der Waals surface area contributed by atoms with Gasteiger partial charge in [0.1, 0.15) is 12.8 Å². The van der Waals surface area contributed by atoms with E-state index >= 15 is 0 Å². The van der Waals surface area contributed by atoms with Crippen molar-refractivity contribution in [3.63, 3.8) is 0 Å². The number of hydrogen-bond donors (Lipinski definition) is 1. The van der Waals surface area contributed by atoms with Crippen LogP contribution in [0.15, 0.2) is 41.3 Å². The van der Waals surface area contributed by atoms with Crippen molar-refractivity contribution >= 4 is 47.4 Å². The van der Waals surface area contributed by atoms with Crippen LogP contribution in [0.4, 0.5) is 5.69 Å². The lowest BCUT2D eigenvalue weighted by Gasteiger charge is -2.34. The Kier molecular flexibility index (Phi) is 7.77. The van der Waals surface area contributed by atoms with Crippen LogP contribution < -0.4 is 5.14 Å². The second-order valence-corrected chi connectivity index (χ2v) is 17.9. The Morgan fingerprint density at radius 3 is 2.35 bits per heavy atom. The summed E-state index contributed by atoms with van der Waals surface area (Å²) < 4.78 is 29.5. The summed E-state index contributed by atoms with van der Waals surface area (Å²) in [6.45, 7) is 6.56. The maximum absolute atomic E-state index is 13.4. The zero-order chi connectivity index (χ0) is 29.6. The number of fused-ring (bicyclic) bond motifs is 1. The zero-order valence-corrected chi connectivity index (χ0v) is 23.9. The first kappa shape index (κ1) is 29.2. The number of imide groups is 2. The van der Waals surface area contributed by atoms with Gasteiger partial charge in [-0.2, -0.15) is 0 Å². The van der Waals surface area contributed by atoms with E-state index in [0.717, 1.165) is 21.9 Å². The zero-order valence-electron chi connectivity index (χ0n) is 22.1. The van der Waals surface area contributed by atoms with Gasteiger partial charge in [0.2, 0.25) is 15.9 Å². The molecule has 2 N–H and O–H groups in total. The molecule has 4 amide bonds. The van der Waals surface area contributed by atoms with Gasteiger partial charge in [-0.3, -0.25) is 39.1 Å². The van der Waals surface area contributed by atoms with Crippen LogP contribution in [0.1, 0.15) is 33.6 Å². The van der Waals surface area contributed by atoms with Crippen LogP contribution >= 0.6 is 0 Å². The Morgan fingerprint density at radius 2 is 1.73 bits per heavy atom. The number of nitrogens with zero attached hydrogens (tertiary/aromatic N) is 3. The van der Waals surface area contributed by atoms with Crippen LogP contribution in [0.25, 0.3) is 11.1 Å². The number of piperidine rings is 1. The SMILES string of the molecule is C[Si](C)(C)CCOCN1C(=O)CCC(N2C(=O)c3ccc(-c4cccc(S(N)(=O)=O)c4[N+](=O)[O-])cc3C2=O)C1=O. The molecule has 0 saturated carbocycles. The molecule has 1 atom stereocenters. The van der Waals surface area contributed by atoms with Gasteiger partial charge in [0.05, 0.1) is 21.6 Å². The van der Waals surface area contributed by atoms with E-state index in [1.807, 2.05) is 0 Å². The van der Waals surface area contributed by atoms with E-state index in [2.05, 4.69) is 19.6 Å². The fourth-order valence-corrected chi connectivity index (χ4v) is 6.09. The first-order valence-corrected chi connectivity index (χ1v) is 17.6. The number of primary sulfonamides is 1. The monoisotopic (exact) mass is 588 g/mol. The van der Waals surface area contributed by atoms with Gasteiger partial charge in [-0.05, 0) is 42.3 Å². The first-order chi connectivity index (χ1) is 18.6. The lowest BCUT2D eigenvalue weighted by Crippen LogP contribution is -2.56. The smallest absolute Gasteiger partial charge is 0.297 e. The van der Waals surface area contributed by atoms with E-state index in [-0.39, 0.29) is 41.8 Å². The van der Waals surface area contributed by atoms with Crippen LogP contribution in [-0.4, -0.2) is 74.2 Å². The highest BCUT2D eigenvalue weighted by atomic mass is 32.2. The molecule has 0 aliphatic carbocycles.